The normalized spacial score (nSPS) is 10.7. The number of carbonyl (C=O) groups excluding carboxylic acids is 1. The van der Waals surface area contributed by atoms with Crippen LogP contribution in [0.1, 0.15) is 16.1 Å². The Kier molecular flexibility index (Phi) is 5.36. The summed E-state index contributed by atoms with van der Waals surface area (Å²) in [5, 5.41) is 0. The molecule has 0 saturated heterocycles. The zero-order valence-electron chi connectivity index (χ0n) is 14.7. The standard InChI is InChI=1S/C19H17F2N3O2S/c1-23(11-12-3-8-17(26-2)15(21)9-12)18(25)16-10-22-19(27)24(16)14-6-4-13(20)5-7-14/h3-10H,11H2,1-2H3,(H,22,27). The van der Waals surface area contributed by atoms with Crippen LogP contribution in [-0.4, -0.2) is 34.5 Å². The van der Waals surface area contributed by atoms with Crippen molar-refractivity contribution >= 4 is 18.1 Å². The average molecular weight is 389 g/mol. The summed E-state index contributed by atoms with van der Waals surface area (Å²) >= 11 is 5.25. The molecule has 3 rings (SSSR count). The molecule has 1 N–H and O–H groups in total. The molecule has 0 radical (unpaired) electrons. The van der Waals surface area contributed by atoms with E-state index in [1.54, 1.807) is 13.1 Å². The fourth-order valence-corrected chi connectivity index (χ4v) is 2.98. The molecule has 1 amide bonds. The minimum absolute atomic E-state index is 0.142. The third-order valence-electron chi connectivity index (χ3n) is 4.06. The summed E-state index contributed by atoms with van der Waals surface area (Å²) in [4.78, 5) is 17.2. The number of aromatic amines is 1. The second-order valence-electron chi connectivity index (χ2n) is 5.92. The van der Waals surface area contributed by atoms with E-state index in [9.17, 15) is 13.6 Å². The van der Waals surface area contributed by atoms with Gasteiger partial charge in [-0.1, -0.05) is 6.07 Å². The number of aromatic nitrogens is 2. The lowest BCUT2D eigenvalue weighted by atomic mass is 10.2. The second kappa shape index (κ2) is 7.71. The number of halogens is 2. The van der Waals surface area contributed by atoms with Crippen LogP contribution in [-0.2, 0) is 6.54 Å². The Hall–Kier alpha value is -3.00. The molecule has 0 aliphatic carbocycles. The van der Waals surface area contributed by atoms with E-state index in [0.717, 1.165) is 0 Å². The number of hydrogen-bond donors (Lipinski definition) is 1. The third kappa shape index (κ3) is 3.90. The maximum Gasteiger partial charge on any atom is 0.272 e. The van der Waals surface area contributed by atoms with E-state index in [1.807, 2.05) is 0 Å². The van der Waals surface area contributed by atoms with Gasteiger partial charge < -0.3 is 14.6 Å². The Morgan fingerprint density at radius 2 is 1.93 bits per heavy atom. The molecule has 0 atom stereocenters. The summed E-state index contributed by atoms with van der Waals surface area (Å²) < 4.78 is 33.8. The number of carbonyl (C=O) groups is 1. The van der Waals surface area contributed by atoms with Crippen LogP contribution in [0, 0.1) is 16.4 Å². The number of nitrogens with zero attached hydrogens (tertiary/aromatic N) is 2. The molecule has 8 heteroatoms. The van der Waals surface area contributed by atoms with Crippen molar-refractivity contribution < 1.29 is 18.3 Å². The molecule has 5 nitrogen and oxygen atoms in total. The number of ether oxygens (including phenoxy) is 1. The van der Waals surface area contributed by atoms with Crippen LogP contribution in [0.15, 0.2) is 48.7 Å². The van der Waals surface area contributed by atoms with E-state index < -0.39 is 5.82 Å². The van der Waals surface area contributed by atoms with Gasteiger partial charge in [0.05, 0.1) is 7.11 Å². The molecule has 2 aromatic carbocycles. The first-order valence-electron chi connectivity index (χ1n) is 8.05. The van der Waals surface area contributed by atoms with E-state index in [1.165, 1.54) is 59.2 Å². The van der Waals surface area contributed by atoms with E-state index in [0.29, 0.717) is 21.7 Å². The van der Waals surface area contributed by atoms with Crippen molar-refractivity contribution in [3.8, 4) is 11.4 Å². The lowest BCUT2D eigenvalue weighted by molar-refractivity contribution is 0.0777. The van der Waals surface area contributed by atoms with Crippen LogP contribution in [0.4, 0.5) is 8.78 Å². The molecule has 0 saturated carbocycles. The van der Waals surface area contributed by atoms with Crippen LogP contribution in [0.25, 0.3) is 5.69 Å². The highest BCUT2D eigenvalue weighted by atomic mass is 32.1. The number of nitrogens with one attached hydrogen (secondary N) is 1. The van der Waals surface area contributed by atoms with Crippen LogP contribution in [0.2, 0.25) is 0 Å². The van der Waals surface area contributed by atoms with Gasteiger partial charge in [-0.25, -0.2) is 8.78 Å². The highest BCUT2D eigenvalue weighted by molar-refractivity contribution is 7.71. The van der Waals surface area contributed by atoms with Crippen molar-refractivity contribution in [3.63, 3.8) is 0 Å². The van der Waals surface area contributed by atoms with Gasteiger partial charge in [0.15, 0.2) is 16.3 Å². The molecule has 27 heavy (non-hydrogen) atoms. The predicted molar refractivity (Wildman–Crippen MR) is 99.7 cm³/mol. The van der Waals surface area contributed by atoms with Crippen molar-refractivity contribution in [1.29, 1.82) is 0 Å². The van der Waals surface area contributed by atoms with Gasteiger partial charge >= 0.3 is 0 Å². The smallest absolute Gasteiger partial charge is 0.272 e. The van der Waals surface area contributed by atoms with Crippen LogP contribution < -0.4 is 4.74 Å². The first-order valence-corrected chi connectivity index (χ1v) is 8.46. The molecule has 1 aromatic heterocycles. The van der Waals surface area contributed by atoms with E-state index in [-0.39, 0.29) is 24.0 Å². The van der Waals surface area contributed by atoms with Crippen LogP contribution in [0.3, 0.4) is 0 Å². The van der Waals surface area contributed by atoms with Gasteiger partial charge in [-0.2, -0.15) is 0 Å². The SMILES string of the molecule is COc1ccc(CN(C)C(=O)c2c[nH]c(=S)n2-c2ccc(F)cc2)cc1F. The minimum Gasteiger partial charge on any atom is -0.494 e. The summed E-state index contributed by atoms with van der Waals surface area (Å²) in [6, 6.07) is 10.2. The van der Waals surface area contributed by atoms with E-state index >= 15 is 0 Å². The lowest BCUT2D eigenvalue weighted by Gasteiger charge is -2.18. The van der Waals surface area contributed by atoms with Gasteiger partial charge in [0.25, 0.3) is 5.91 Å². The lowest BCUT2D eigenvalue weighted by Crippen LogP contribution is -2.28. The number of amides is 1. The Bertz CT molecular complexity index is 1030. The second-order valence-corrected chi connectivity index (χ2v) is 6.31. The molecule has 3 aromatic rings. The topological polar surface area (TPSA) is 50.3 Å². The summed E-state index contributed by atoms with van der Waals surface area (Å²) in [5.74, 6) is -1.05. The third-order valence-corrected chi connectivity index (χ3v) is 4.36. The molecule has 0 aliphatic heterocycles. The maximum atomic E-state index is 13.9. The Labute approximate surface area is 159 Å². The fourth-order valence-electron chi connectivity index (χ4n) is 2.72. The Morgan fingerprint density at radius 3 is 2.56 bits per heavy atom. The zero-order valence-corrected chi connectivity index (χ0v) is 15.5. The Balaban J connectivity index is 1.87. The average Bonchev–Trinajstić information content (AvgIpc) is 3.03. The van der Waals surface area contributed by atoms with Gasteiger partial charge in [-0.05, 0) is 54.2 Å². The van der Waals surface area contributed by atoms with E-state index in [4.69, 9.17) is 17.0 Å². The molecule has 0 spiro atoms. The zero-order chi connectivity index (χ0) is 19.6. The number of benzene rings is 2. The summed E-state index contributed by atoms with van der Waals surface area (Å²) in [5.41, 5.74) is 1.48. The number of imidazole rings is 1. The largest absolute Gasteiger partial charge is 0.494 e. The molecule has 140 valence electrons. The number of hydrogen-bond acceptors (Lipinski definition) is 3. The number of rotatable bonds is 5. The highest BCUT2D eigenvalue weighted by Gasteiger charge is 2.19. The quantitative estimate of drug-likeness (QED) is 0.669. The van der Waals surface area contributed by atoms with Gasteiger partial charge in [-0.3, -0.25) is 9.36 Å². The molecular formula is C19H17F2N3O2S. The monoisotopic (exact) mass is 389 g/mol. The van der Waals surface area contributed by atoms with Crippen molar-refractivity contribution in [3.05, 3.63) is 76.3 Å². The summed E-state index contributed by atoms with van der Waals surface area (Å²) in [6.07, 6.45) is 1.50. The highest BCUT2D eigenvalue weighted by Crippen LogP contribution is 2.20. The molecule has 0 unspecified atom stereocenters. The summed E-state index contributed by atoms with van der Waals surface area (Å²) in [7, 11) is 3.00. The van der Waals surface area contributed by atoms with Gasteiger partial charge in [0, 0.05) is 25.5 Å². The predicted octanol–water partition coefficient (Wildman–Crippen LogP) is 4.09. The van der Waals surface area contributed by atoms with Gasteiger partial charge in [0.2, 0.25) is 0 Å². The van der Waals surface area contributed by atoms with Crippen molar-refractivity contribution in [2.24, 2.45) is 0 Å². The first-order chi connectivity index (χ1) is 12.9. The molecular weight excluding hydrogens is 372 g/mol. The maximum absolute atomic E-state index is 13.9. The fraction of sp³-hybridized carbons (Fsp3) is 0.158. The summed E-state index contributed by atoms with van der Waals surface area (Å²) in [6.45, 7) is 0.196. The van der Waals surface area contributed by atoms with Crippen molar-refractivity contribution in [2.75, 3.05) is 14.2 Å². The Morgan fingerprint density at radius 1 is 1.22 bits per heavy atom. The molecule has 0 fully saturated rings. The molecule has 0 bridgehead atoms. The number of methoxy groups -OCH3 is 1. The van der Waals surface area contributed by atoms with Crippen molar-refractivity contribution in [2.45, 2.75) is 6.54 Å². The number of H-pyrrole nitrogens is 1. The van der Waals surface area contributed by atoms with Gasteiger partial charge in [-0.15, -0.1) is 0 Å². The molecule has 0 aliphatic rings. The van der Waals surface area contributed by atoms with Crippen LogP contribution in [0.5, 0.6) is 5.75 Å². The van der Waals surface area contributed by atoms with Crippen molar-refractivity contribution in [1.82, 2.24) is 14.5 Å². The molecule has 1 heterocycles. The minimum atomic E-state index is -0.494. The van der Waals surface area contributed by atoms with Gasteiger partial charge in [0.1, 0.15) is 11.5 Å². The first kappa shape index (κ1) is 18.8. The van der Waals surface area contributed by atoms with Crippen LogP contribution >= 0.6 is 12.2 Å². The van der Waals surface area contributed by atoms with E-state index in [2.05, 4.69) is 4.98 Å².